The first-order chi connectivity index (χ1) is 9.51. The summed E-state index contributed by atoms with van der Waals surface area (Å²) in [6.07, 6.45) is -0.0894. The number of hydrogen-bond donors (Lipinski definition) is 0. The second-order valence-corrected chi connectivity index (χ2v) is 3.65. The molecule has 0 saturated heterocycles. The number of carbonyl (C=O) groups is 1. The van der Waals surface area contributed by atoms with Crippen LogP contribution < -0.4 is 9.47 Å². The van der Waals surface area contributed by atoms with Crippen LogP contribution in [0, 0.1) is 11.3 Å². The fourth-order valence-corrected chi connectivity index (χ4v) is 1.59. The van der Waals surface area contributed by atoms with Crippen LogP contribution in [0.5, 0.6) is 11.5 Å². The van der Waals surface area contributed by atoms with E-state index in [1.165, 1.54) is 19.2 Å². The zero-order chi connectivity index (χ0) is 15.1. The Labute approximate surface area is 114 Å². The van der Waals surface area contributed by atoms with Gasteiger partial charge in [-0.15, -0.1) is 0 Å². The number of nitrogens with zero attached hydrogens (tertiary/aromatic N) is 1. The molecule has 1 rings (SSSR count). The molecule has 0 aliphatic heterocycles. The lowest BCUT2D eigenvalue weighted by Crippen LogP contribution is -2.09. The molecule has 0 unspecified atom stereocenters. The first-order valence-electron chi connectivity index (χ1n) is 5.73. The highest BCUT2D eigenvalue weighted by atomic mass is 19.3. The van der Waals surface area contributed by atoms with Gasteiger partial charge in [0, 0.05) is 0 Å². The molecule has 108 valence electrons. The summed E-state index contributed by atoms with van der Waals surface area (Å²) in [5.74, 6) is -0.873. The van der Waals surface area contributed by atoms with Crippen molar-refractivity contribution >= 4 is 5.97 Å². The Morgan fingerprint density at radius 1 is 1.45 bits per heavy atom. The smallest absolute Gasteiger partial charge is 0.387 e. The Morgan fingerprint density at radius 3 is 2.65 bits per heavy atom. The van der Waals surface area contributed by atoms with Gasteiger partial charge in [0.15, 0.2) is 11.5 Å². The van der Waals surface area contributed by atoms with Crippen molar-refractivity contribution in [2.24, 2.45) is 0 Å². The Kier molecular flexibility index (Phi) is 5.72. The minimum absolute atomic E-state index is 0.0383. The lowest BCUT2D eigenvalue weighted by molar-refractivity contribution is -0.142. The standard InChI is InChI=1S/C13H13F2NO4/c1-3-19-11(17)6-8-4-9(7-16)12(20-13(14)15)10(5-8)18-2/h4-5,13H,3,6H2,1-2H3. The molecule has 0 saturated carbocycles. The Balaban J connectivity index is 3.12. The van der Waals surface area contributed by atoms with Crippen molar-refractivity contribution in [3.05, 3.63) is 23.3 Å². The maximum absolute atomic E-state index is 12.3. The quantitative estimate of drug-likeness (QED) is 0.750. The van der Waals surface area contributed by atoms with Crippen molar-refractivity contribution in [2.75, 3.05) is 13.7 Å². The van der Waals surface area contributed by atoms with E-state index in [4.69, 9.17) is 14.7 Å². The molecule has 0 amide bonds. The topological polar surface area (TPSA) is 68.6 Å². The van der Waals surface area contributed by atoms with E-state index in [-0.39, 0.29) is 30.1 Å². The molecule has 1 aromatic rings. The minimum Gasteiger partial charge on any atom is -0.493 e. The van der Waals surface area contributed by atoms with E-state index in [2.05, 4.69) is 4.74 Å². The average molecular weight is 285 g/mol. The van der Waals surface area contributed by atoms with Crippen LogP contribution in [0.3, 0.4) is 0 Å². The van der Waals surface area contributed by atoms with Crippen LogP contribution in [-0.2, 0) is 16.0 Å². The maximum Gasteiger partial charge on any atom is 0.387 e. The van der Waals surface area contributed by atoms with Crippen LogP contribution in [0.1, 0.15) is 18.1 Å². The molecular formula is C13H13F2NO4. The van der Waals surface area contributed by atoms with Crippen LogP contribution in [0.2, 0.25) is 0 Å². The van der Waals surface area contributed by atoms with Gasteiger partial charge in [0.25, 0.3) is 0 Å². The number of esters is 1. The highest BCUT2D eigenvalue weighted by Gasteiger charge is 2.18. The Morgan fingerprint density at radius 2 is 2.15 bits per heavy atom. The van der Waals surface area contributed by atoms with Gasteiger partial charge in [0.2, 0.25) is 0 Å². The molecule has 0 heterocycles. The number of nitriles is 1. The molecule has 0 atom stereocenters. The second-order valence-electron chi connectivity index (χ2n) is 3.65. The summed E-state index contributed by atoms with van der Waals surface area (Å²) in [6, 6.07) is 4.38. The third-order valence-corrected chi connectivity index (χ3v) is 2.32. The van der Waals surface area contributed by atoms with Crippen molar-refractivity contribution in [2.45, 2.75) is 20.0 Å². The number of carbonyl (C=O) groups excluding carboxylic acids is 1. The second kappa shape index (κ2) is 7.28. The summed E-state index contributed by atoms with van der Waals surface area (Å²) in [5.41, 5.74) is 0.280. The van der Waals surface area contributed by atoms with E-state index in [0.717, 1.165) is 0 Å². The zero-order valence-corrected chi connectivity index (χ0v) is 11.0. The molecule has 20 heavy (non-hydrogen) atoms. The fraction of sp³-hybridized carbons (Fsp3) is 0.385. The molecule has 0 bridgehead atoms. The van der Waals surface area contributed by atoms with Crippen LogP contribution in [0.25, 0.3) is 0 Å². The summed E-state index contributed by atoms with van der Waals surface area (Å²) < 4.78 is 38.6. The number of methoxy groups -OCH3 is 1. The third kappa shape index (κ3) is 4.09. The van der Waals surface area contributed by atoms with E-state index >= 15 is 0 Å². The molecule has 0 radical (unpaired) electrons. The molecule has 0 aliphatic rings. The highest BCUT2D eigenvalue weighted by molar-refractivity contribution is 5.73. The summed E-state index contributed by atoms with van der Waals surface area (Å²) in [7, 11) is 1.25. The van der Waals surface area contributed by atoms with E-state index in [1.807, 2.05) is 0 Å². The van der Waals surface area contributed by atoms with Gasteiger partial charge in [0.05, 0.1) is 25.7 Å². The number of halogens is 2. The maximum atomic E-state index is 12.3. The van der Waals surface area contributed by atoms with E-state index in [9.17, 15) is 13.6 Å². The van der Waals surface area contributed by atoms with Crippen molar-refractivity contribution in [3.63, 3.8) is 0 Å². The zero-order valence-electron chi connectivity index (χ0n) is 11.0. The Hall–Kier alpha value is -2.36. The van der Waals surface area contributed by atoms with Crippen LogP contribution in [-0.4, -0.2) is 26.3 Å². The molecule has 0 spiro atoms. The van der Waals surface area contributed by atoms with Crippen LogP contribution in [0.4, 0.5) is 8.78 Å². The van der Waals surface area contributed by atoms with Crippen molar-refractivity contribution in [1.82, 2.24) is 0 Å². The fourth-order valence-electron chi connectivity index (χ4n) is 1.59. The summed E-state index contributed by atoms with van der Waals surface area (Å²) in [5, 5.41) is 8.97. The minimum atomic E-state index is -3.08. The number of hydrogen-bond acceptors (Lipinski definition) is 5. The number of rotatable bonds is 6. The highest BCUT2D eigenvalue weighted by Crippen LogP contribution is 2.33. The molecule has 1 aromatic carbocycles. The molecule has 5 nitrogen and oxygen atoms in total. The summed E-state index contributed by atoms with van der Waals surface area (Å²) in [6.45, 7) is -1.18. The van der Waals surface area contributed by atoms with Gasteiger partial charge in [-0.3, -0.25) is 4.79 Å². The molecule has 0 fully saturated rings. The molecule has 0 aliphatic carbocycles. The SMILES string of the molecule is CCOC(=O)Cc1cc(C#N)c(OC(F)F)c(OC)c1. The van der Waals surface area contributed by atoms with E-state index in [1.54, 1.807) is 13.0 Å². The third-order valence-electron chi connectivity index (χ3n) is 2.32. The van der Waals surface area contributed by atoms with Gasteiger partial charge in [-0.05, 0) is 24.6 Å². The average Bonchev–Trinajstić information content (AvgIpc) is 2.39. The van der Waals surface area contributed by atoms with E-state index < -0.39 is 12.6 Å². The molecule has 7 heteroatoms. The van der Waals surface area contributed by atoms with Gasteiger partial charge < -0.3 is 14.2 Å². The normalized spacial score (nSPS) is 10.0. The molecule has 0 aromatic heterocycles. The predicted octanol–water partition coefficient (Wildman–Crippen LogP) is 2.27. The Bertz CT molecular complexity index is 526. The van der Waals surface area contributed by atoms with Crippen LogP contribution in [0.15, 0.2) is 12.1 Å². The van der Waals surface area contributed by atoms with Gasteiger partial charge in [0.1, 0.15) is 6.07 Å². The first-order valence-corrected chi connectivity index (χ1v) is 5.73. The lowest BCUT2D eigenvalue weighted by Gasteiger charge is -2.13. The number of alkyl halides is 2. The molecular weight excluding hydrogens is 272 g/mol. The van der Waals surface area contributed by atoms with E-state index in [0.29, 0.717) is 5.56 Å². The summed E-state index contributed by atoms with van der Waals surface area (Å²) >= 11 is 0. The number of benzene rings is 1. The monoisotopic (exact) mass is 285 g/mol. The number of ether oxygens (including phenoxy) is 3. The van der Waals surface area contributed by atoms with Crippen molar-refractivity contribution in [1.29, 1.82) is 5.26 Å². The summed E-state index contributed by atoms with van der Waals surface area (Å²) in [4.78, 5) is 11.4. The van der Waals surface area contributed by atoms with Gasteiger partial charge >= 0.3 is 12.6 Å². The van der Waals surface area contributed by atoms with Crippen molar-refractivity contribution < 1.29 is 27.8 Å². The lowest BCUT2D eigenvalue weighted by atomic mass is 10.1. The molecule has 0 N–H and O–H groups in total. The van der Waals surface area contributed by atoms with Crippen molar-refractivity contribution in [3.8, 4) is 17.6 Å². The van der Waals surface area contributed by atoms with Crippen LogP contribution >= 0.6 is 0 Å². The van der Waals surface area contributed by atoms with Gasteiger partial charge in [-0.2, -0.15) is 14.0 Å². The largest absolute Gasteiger partial charge is 0.493 e. The van der Waals surface area contributed by atoms with Gasteiger partial charge in [-0.25, -0.2) is 0 Å². The first kappa shape index (κ1) is 15.7. The predicted molar refractivity (Wildman–Crippen MR) is 64.7 cm³/mol. The van der Waals surface area contributed by atoms with Gasteiger partial charge in [-0.1, -0.05) is 0 Å².